The Bertz CT molecular complexity index is 979. The SMILES string of the molecule is COCCN[C@@H](C)c1nc2ccccc2c(=O)n1-c1ccc(C)cc1C. The number of aromatic nitrogens is 2. The van der Waals surface area contributed by atoms with Crippen molar-refractivity contribution in [2.45, 2.75) is 26.8 Å². The zero-order valence-electron chi connectivity index (χ0n) is 15.7. The van der Waals surface area contributed by atoms with Crippen LogP contribution in [0.25, 0.3) is 16.6 Å². The second kappa shape index (κ2) is 7.81. The van der Waals surface area contributed by atoms with E-state index >= 15 is 0 Å². The van der Waals surface area contributed by atoms with E-state index in [-0.39, 0.29) is 11.6 Å². The van der Waals surface area contributed by atoms with Gasteiger partial charge in [0.2, 0.25) is 0 Å². The van der Waals surface area contributed by atoms with Crippen molar-refractivity contribution in [2.24, 2.45) is 0 Å². The Kier molecular flexibility index (Phi) is 5.49. The molecule has 1 heterocycles. The van der Waals surface area contributed by atoms with Crippen molar-refractivity contribution < 1.29 is 4.74 Å². The second-order valence-electron chi connectivity index (χ2n) is 6.59. The first-order chi connectivity index (χ1) is 12.5. The minimum Gasteiger partial charge on any atom is -0.383 e. The molecule has 26 heavy (non-hydrogen) atoms. The number of rotatable bonds is 6. The topological polar surface area (TPSA) is 56.1 Å². The van der Waals surface area contributed by atoms with Gasteiger partial charge in [-0.3, -0.25) is 9.36 Å². The molecule has 0 spiro atoms. The molecule has 3 aromatic rings. The van der Waals surface area contributed by atoms with Gasteiger partial charge in [0.15, 0.2) is 0 Å². The standard InChI is InChI=1S/C21H25N3O2/c1-14-9-10-19(15(2)13-14)24-20(16(3)22-11-12-26-4)23-18-8-6-5-7-17(18)21(24)25/h5-10,13,16,22H,11-12H2,1-4H3/t16-/m0/s1. The predicted molar refractivity (Wildman–Crippen MR) is 105 cm³/mol. The van der Waals surface area contributed by atoms with Crippen molar-refractivity contribution in [1.82, 2.24) is 14.9 Å². The van der Waals surface area contributed by atoms with E-state index in [0.29, 0.717) is 29.9 Å². The molecule has 0 radical (unpaired) electrons. The molecule has 5 heteroatoms. The third kappa shape index (κ3) is 3.54. The van der Waals surface area contributed by atoms with E-state index in [9.17, 15) is 4.79 Å². The van der Waals surface area contributed by atoms with E-state index in [1.165, 1.54) is 5.56 Å². The first-order valence-corrected chi connectivity index (χ1v) is 8.84. The van der Waals surface area contributed by atoms with E-state index in [0.717, 1.165) is 11.3 Å². The quantitative estimate of drug-likeness (QED) is 0.692. The summed E-state index contributed by atoms with van der Waals surface area (Å²) >= 11 is 0. The lowest BCUT2D eigenvalue weighted by Crippen LogP contribution is -2.31. The molecule has 0 bridgehead atoms. The zero-order chi connectivity index (χ0) is 18.7. The third-order valence-electron chi connectivity index (χ3n) is 4.54. The van der Waals surface area contributed by atoms with E-state index in [1.54, 1.807) is 11.7 Å². The van der Waals surface area contributed by atoms with E-state index in [4.69, 9.17) is 9.72 Å². The monoisotopic (exact) mass is 351 g/mol. The van der Waals surface area contributed by atoms with Gasteiger partial charge in [-0.05, 0) is 44.5 Å². The lowest BCUT2D eigenvalue weighted by molar-refractivity contribution is 0.196. The fourth-order valence-corrected chi connectivity index (χ4v) is 3.20. The molecule has 1 aromatic heterocycles. The highest BCUT2D eigenvalue weighted by atomic mass is 16.5. The highest BCUT2D eigenvalue weighted by Crippen LogP contribution is 2.21. The van der Waals surface area contributed by atoms with Crippen molar-refractivity contribution in [3.05, 3.63) is 69.8 Å². The molecule has 0 aliphatic heterocycles. The molecular formula is C21H25N3O2. The second-order valence-corrected chi connectivity index (χ2v) is 6.59. The fourth-order valence-electron chi connectivity index (χ4n) is 3.20. The van der Waals surface area contributed by atoms with Crippen LogP contribution in [0.2, 0.25) is 0 Å². The van der Waals surface area contributed by atoms with Gasteiger partial charge in [0.05, 0.1) is 29.2 Å². The molecule has 0 saturated heterocycles. The van der Waals surface area contributed by atoms with Gasteiger partial charge in [-0.25, -0.2) is 4.98 Å². The number of hydrogen-bond acceptors (Lipinski definition) is 4. The van der Waals surface area contributed by atoms with Crippen molar-refractivity contribution in [1.29, 1.82) is 0 Å². The van der Waals surface area contributed by atoms with Gasteiger partial charge in [-0.15, -0.1) is 0 Å². The van der Waals surface area contributed by atoms with Crippen molar-refractivity contribution in [2.75, 3.05) is 20.3 Å². The maximum atomic E-state index is 13.3. The van der Waals surface area contributed by atoms with Crippen LogP contribution in [0.1, 0.15) is 29.9 Å². The number of para-hydroxylation sites is 1. The number of nitrogens with zero attached hydrogens (tertiary/aromatic N) is 2. The molecule has 3 rings (SSSR count). The highest BCUT2D eigenvalue weighted by molar-refractivity contribution is 5.78. The molecule has 0 fully saturated rings. The molecule has 0 aliphatic rings. The molecule has 0 amide bonds. The molecule has 1 N–H and O–H groups in total. The van der Waals surface area contributed by atoms with E-state index < -0.39 is 0 Å². The Balaban J connectivity index is 2.22. The highest BCUT2D eigenvalue weighted by Gasteiger charge is 2.18. The Morgan fingerprint density at radius 2 is 1.96 bits per heavy atom. The largest absolute Gasteiger partial charge is 0.383 e. The number of aryl methyl sites for hydroxylation is 2. The third-order valence-corrected chi connectivity index (χ3v) is 4.54. The van der Waals surface area contributed by atoms with Gasteiger partial charge in [-0.1, -0.05) is 29.8 Å². The van der Waals surface area contributed by atoms with Crippen LogP contribution in [0.5, 0.6) is 0 Å². The summed E-state index contributed by atoms with van der Waals surface area (Å²) in [6, 6.07) is 13.5. The van der Waals surface area contributed by atoms with Crippen molar-refractivity contribution >= 4 is 10.9 Å². The summed E-state index contributed by atoms with van der Waals surface area (Å²) in [5.74, 6) is 0.705. The molecule has 5 nitrogen and oxygen atoms in total. The summed E-state index contributed by atoms with van der Waals surface area (Å²) < 4.78 is 6.86. The Morgan fingerprint density at radius 1 is 1.19 bits per heavy atom. The van der Waals surface area contributed by atoms with Gasteiger partial charge >= 0.3 is 0 Å². The molecular weight excluding hydrogens is 326 g/mol. The van der Waals surface area contributed by atoms with Gasteiger partial charge < -0.3 is 10.1 Å². The normalized spacial score (nSPS) is 12.5. The molecule has 1 atom stereocenters. The number of fused-ring (bicyclic) bond motifs is 1. The van der Waals surface area contributed by atoms with Crippen LogP contribution in [0.4, 0.5) is 0 Å². The maximum Gasteiger partial charge on any atom is 0.266 e. The van der Waals surface area contributed by atoms with Crippen LogP contribution in [-0.2, 0) is 4.74 Å². The van der Waals surface area contributed by atoms with Gasteiger partial charge in [0.1, 0.15) is 5.82 Å². The minimum atomic E-state index is -0.0943. The molecule has 2 aromatic carbocycles. The number of benzene rings is 2. The number of methoxy groups -OCH3 is 1. The van der Waals surface area contributed by atoms with Crippen LogP contribution < -0.4 is 10.9 Å². The maximum absolute atomic E-state index is 13.3. The summed E-state index contributed by atoms with van der Waals surface area (Å²) in [4.78, 5) is 18.1. The van der Waals surface area contributed by atoms with Gasteiger partial charge in [0.25, 0.3) is 5.56 Å². The Labute approximate surface area is 153 Å². The Hall–Kier alpha value is -2.50. The molecule has 0 unspecified atom stereocenters. The molecule has 0 aliphatic carbocycles. The Morgan fingerprint density at radius 3 is 2.69 bits per heavy atom. The molecule has 0 saturated carbocycles. The zero-order valence-corrected chi connectivity index (χ0v) is 15.7. The van der Waals surface area contributed by atoms with Crippen LogP contribution in [-0.4, -0.2) is 29.8 Å². The number of nitrogens with one attached hydrogen (secondary N) is 1. The first kappa shape index (κ1) is 18.3. The average Bonchev–Trinajstić information content (AvgIpc) is 2.62. The smallest absolute Gasteiger partial charge is 0.266 e. The van der Waals surface area contributed by atoms with Crippen molar-refractivity contribution in [3.63, 3.8) is 0 Å². The van der Waals surface area contributed by atoms with E-state index in [1.807, 2.05) is 57.2 Å². The lowest BCUT2D eigenvalue weighted by atomic mass is 10.1. The summed E-state index contributed by atoms with van der Waals surface area (Å²) in [5, 5.41) is 4.01. The lowest BCUT2D eigenvalue weighted by Gasteiger charge is -2.21. The van der Waals surface area contributed by atoms with Gasteiger partial charge in [-0.2, -0.15) is 0 Å². The minimum absolute atomic E-state index is 0.0436. The summed E-state index contributed by atoms with van der Waals surface area (Å²) in [6.45, 7) is 7.38. The predicted octanol–water partition coefficient (Wildman–Crippen LogP) is 3.30. The summed E-state index contributed by atoms with van der Waals surface area (Å²) in [6.07, 6.45) is 0. The summed E-state index contributed by atoms with van der Waals surface area (Å²) in [5.41, 5.74) is 3.76. The van der Waals surface area contributed by atoms with Crippen LogP contribution in [0, 0.1) is 13.8 Å². The van der Waals surface area contributed by atoms with Gasteiger partial charge in [0, 0.05) is 13.7 Å². The van der Waals surface area contributed by atoms with E-state index in [2.05, 4.69) is 11.4 Å². The molecule has 136 valence electrons. The van der Waals surface area contributed by atoms with Crippen LogP contribution in [0.3, 0.4) is 0 Å². The fraction of sp³-hybridized carbons (Fsp3) is 0.333. The first-order valence-electron chi connectivity index (χ1n) is 8.84. The average molecular weight is 351 g/mol. The number of ether oxygens (including phenoxy) is 1. The summed E-state index contributed by atoms with van der Waals surface area (Å²) in [7, 11) is 1.67. The van der Waals surface area contributed by atoms with Crippen LogP contribution in [0.15, 0.2) is 47.3 Å². The van der Waals surface area contributed by atoms with Crippen molar-refractivity contribution in [3.8, 4) is 5.69 Å². The van der Waals surface area contributed by atoms with Crippen LogP contribution >= 0.6 is 0 Å². The number of hydrogen-bond donors (Lipinski definition) is 1.